The lowest BCUT2D eigenvalue weighted by atomic mass is 10.0. The quantitative estimate of drug-likeness (QED) is 0.533. The third kappa shape index (κ3) is 5.01. The maximum Gasteiger partial charge on any atom is 0.253 e. The fourth-order valence-corrected chi connectivity index (χ4v) is 5.11. The number of hydrogen-bond donors (Lipinski definition) is 2. The van der Waals surface area contributed by atoms with Crippen molar-refractivity contribution < 1.29 is 9.53 Å². The Bertz CT molecular complexity index is 1210. The summed E-state index contributed by atoms with van der Waals surface area (Å²) in [6.07, 6.45) is 4.28. The summed E-state index contributed by atoms with van der Waals surface area (Å²) >= 11 is 0. The van der Waals surface area contributed by atoms with E-state index in [1.807, 2.05) is 33.0 Å². The van der Waals surface area contributed by atoms with Crippen molar-refractivity contribution in [3.05, 3.63) is 57.0 Å². The summed E-state index contributed by atoms with van der Waals surface area (Å²) in [6, 6.07) is 8.23. The first kappa shape index (κ1) is 24.0. The molecule has 1 atom stereocenters. The van der Waals surface area contributed by atoms with Gasteiger partial charge in [0.25, 0.3) is 5.56 Å². The Morgan fingerprint density at radius 1 is 1.18 bits per heavy atom. The number of benzene rings is 1. The van der Waals surface area contributed by atoms with Crippen LogP contribution in [0.2, 0.25) is 0 Å². The molecule has 8 heteroatoms. The number of pyridine rings is 1. The van der Waals surface area contributed by atoms with E-state index in [4.69, 9.17) is 4.74 Å². The van der Waals surface area contributed by atoms with Crippen molar-refractivity contribution in [1.82, 2.24) is 25.0 Å². The Balaban J connectivity index is 1.44. The number of carbonyl (C=O) groups excluding carboxylic acids is 1. The summed E-state index contributed by atoms with van der Waals surface area (Å²) in [5, 5.41) is 8.50. The van der Waals surface area contributed by atoms with Gasteiger partial charge in [-0.05, 0) is 69.5 Å². The van der Waals surface area contributed by atoms with Crippen LogP contribution in [0, 0.1) is 13.8 Å². The van der Waals surface area contributed by atoms with E-state index in [0.29, 0.717) is 18.5 Å². The van der Waals surface area contributed by atoms with Crippen molar-refractivity contribution in [2.75, 3.05) is 26.7 Å². The molecule has 8 nitrogen and oxygen atoms in total. The van der Waals surface area contributed by atoms with Crippen molar-refractivity contribution >= 4 is 16.9 Å². The van der Waals surface area contributed by atoms with Crippen molar-refractivity contribution in [2.45, 2.75) is 52.0 Å². The van der Waals surface area contributed by atoms with E-state index in [-0.39, 0.29) is 23.9 Å². The second-order valence-corrected chi connectivity index (χ2v) is 9.18. The standard InChI is InChI=1S/C26H35N5O3/c1-17-21(26(33)28-25-24(17)18(2)29-30(25)3)12-13-23(32)27-16-22(31-14-6-5-7-15-31)19-8-10-20(34-4)11-9-19/h8-11,22H,5-7,12-16H2,1-4H3,(H,27,32)(H,28,33). The number of H-pyrrole nitrogens is 1. The van der Waals surface area contributed by atoms with Crippen LogP contribution in [0.3, 0.4) is 0 Å². The average molecular weight is 466 g/mol. The molecule has 1 aromatic carbocycles. The van der Waals surface area contributed by atoms with Crippen LogP contribution in [-0.4, -0.2) is 52.3 Å². The SMILES string of the molecule is COc1ccc(C(CNC(=O)CCc2c(C)c3c(C)nn(C)c3[nH]c2=O)N2CCCCC2)cc1. The molecular formula is C26H35N5O3. The fraction of sp³-hybridized carbons (Fsp3) is 0.500. The Morgan fingerprint density at radius 2 is 1.88 bits per heavy atom. The van der Waals surface area contributed by atoms with E-state index < -0.39 is 0 Å². The molecule has 1 aliphatic rings. The Morgan fingerprint density at radius 3 is 2.56 bits per heavy atom. The van der Waals surface area contributed by atoms with E-state index in [1.165, 1.54) is 24.8 Å². The van der Waals surface area contributed by atoms with Crippen molar-refractivity contribution in [3.63, 3.8) is 0 Å². The van der Waals surface area contributed by atoms with Gasteiger partial charge in [-0.25, -0.2) is 0 Å². The number of nitrogens with one attached hydrogen (secondary N) is 2. The highest BCUT2D eigenvalue weighted by Crippen LogP contribution is 2.26. The molecule has 4 rings (SSSR count). The van der Waals surface area contributed by atoms with Gasteiger partial charge in [0.15, 0.2) is 0 Å². The lowest BCUT2D eigenvalue weighted by Gasteiger charge is -2.35. The van der Waals surface area contributed by atoms with E-state index in [1.54, 1.807) is 11.8 Å². The molecule has 182 valence electrons. The molecule has 1 amide bonds. The number of ether oxygens (including phenoxy) is 1. The number of aromatic nitrogens is 3. The highest BCUT2D eigenvalue weighted by atomic mass is 16.5. The number of aryl methyl sites for hydroxylation is 3. The topological polar surface area (TPSA) is 92.2 Å². The second-order valence-electron chi connectivity index (χ2n) is 9.18. The molecule has 2 aromatic heterocycles. The number of nitrogens with zero attached hydrogens (tertiary/aromatic N) is 3. The van der Waals surface area contributed by atoms with Gasteiger partial charge in [-0.1, -0.05) is 18.6 Å². The number of likely N-dealkylation sites (tertiary alicyclic amines) is 1. The number of fused-ring (bicyclic) bond motifs is 1. The smallest absolute Gasteiger partial charge is 0.253 e. The van der Waals surface area contributed by atoms with E-state index in [2.05, 4.69) is 32.4 Å². The highest BCUT2D eigenvalue weighted by molar-refractivity contribution is 5.83. The van der Waals surface area contributed by atoms with Gasteiger partial charge in [0.1, 0.15) is 11.4 Å². The van der Waals surface area contributed by atoms with Crippen LogP contribution in [0.4, 0.5) is 0 Å². The number of aromatic amines is 1. The largest absolute Gasteiger partial charge is 0.497 e. The first-order valence-electron chi connectivity index (χ1n) is 12.1. The Hall–Kier alpha value is -3.13. The molecule has 0 spiro atoms. The molecular weight excluding hydrogens is 430 g/mol. The maximum absolute atomic E-state index is 12.8. The molecule has 34 heavy (non-hydrogen) atoms. The van der Waals surface area contributed by atoms with E-state index in [9.17, 15) is 9.59 Å². The van der Waals surface area contributed by atoms with Crippen LogP contribution in [0.1, 0.15) is 54.1 Å². The van der Waals surface area contributed by atoms with Gasteiger partial charge in [-0.15, -0.1) is 0 Å². The van der Waals surface area contributed by atoms with Crippen LogP contribution in [0.5, 0.6) is 5.75 Å². The number of rotatable bonds is 8. The highest BCUT2D eigenvalue weighted by Gasteiger charge is 2.23. The zero-order valence-electron chi connectivity index (χ0n) is 20.6. The van der Waals surface area contributed by atoms with Crippen LogP contribution >= 0.6 is 0 Å². The monoisotopic (exact) mass is 465 g/mol. The van der Waals surface area contributed by atoms with Crippen LogP contribution in [-0.2, 0) is 18.3 Å². The molecule has 1 saturated heterocycles. The van der Waals surface area contributed by atoms with Crippen molar-refractivity contribution in [3.8, 4) is 5.75 Å². The summed E-state index contributed by atoms with van der Waals surface area (Å²) in [4.78, 5) is 30.9. The van der Waals surface area contributed by atoms with E-state index in [0.717, 1.165) is 41.1 Å². The third-order valence-corrected chi connectivity index (χ3v) is 6.98. The normalized spacial score (nSPS) is 15.4. The van der Waals surface area contributed by atoms with Gasteiger partial charge < -0.3 is 15.0 Å². The minimum atomic E-state index is -0.148. The van der Waals surface area contributed by atoms with Crippen molar-refractivity contribution in [2.24, 2.45) is 7.05 Å². The molecule has 1 fully saturated rings. The molecule has 1 aliphatic heterocycles. The number of piperidine rings is 1. The molecule has 0 aliphatic carbocycles. The summed E-state index contributed by atoms with van der Waals surface area (Å²) in [7, 11) is 3.48. The number of methoxy groups -OCH3 is 1. The molecule has 0 bridgehead atoms. The van der Waals surface area contributed by atoms with Crippen LogP contribution < -0.4 is 15.6 Å². The predicted molar refractivity (Wildman–Crippen MR) is 133 cm³/mol. The van der Waals surface area contributed by atoms with Crippen LogP contribution in [0.15, 0.2) is 29.1 Å². The molecule has 1 unspecified atom stereocenters. The van der Waals surface area contributed by atoms with Gasteiger partial charge in [0.2, 0.25) is 5.91 Å². The minimum Gasteiger partial charge on any atom is -0.497 e. The average Bonchev–Trinajstić information content (AvgIpc) is 3.13. The molecule has 3 aromatic rings. The van der Waals surface area contributed by atoms with Gasteiger partial charge in [-0.3, -0.25) is 19.2 Å². The maximum atomic E-state index is 12.8. The zero-order chi connectivity index (χ0) is 24.2. The Labute approximate surface area is 200 Å². The zero-order valence-corrected chi connectivity index (χ0v) is 20.6. The van der Waals surface area contributed by atoms with Gasteiger partial charge in [0, 0.05) is 31.0 Å². The first-order valence-corrected chi connectivity index (χ1v) is 12.1. The predicted octanol–water partition coefficient (Wildman–Crippen LogP) is 3.16. The summed E-state index contributed by atoms with van der Waals surface area (Å²) in [5.74, 6) is 0.781. The van der Waals surface area contributed by atoms with Crippen molar-refractivity contribution in [1.29, 1.82) is 0 Å². The lowest BCUT2D eigenvalue weighted by Crippen LogP contribution is -2.40. The molecule has 3 heterocycles. The van der Waals surface area contributed by atoms with Gasteiger partial charge in [-0.2, -0.15) is 5.10 Å². The van der Waals surface area contributed by atoms with E-state index >= 15 is 0 Å². The number of hydrogen-bond acceptors (Lipinski definition) is 5. The summed E-state index contributed by atoms with van der Waals surface area (Å²) in [6.45, 7) is 6.48. The summed E-state index contributed by atoms with van der Waals surface area (Å²) in [5.41, 5.74) is 4.18. The number of amides is 1. The van der Waals surface area contributed by atoms with Crippen LogP contribution in [0.25, 0.3) is 11.0 Å². The number of carbonyl (C=O) groups is 1. The molecule has 0 radical (unpaired) electrons. The summed E-state index contributed by atoms with van der Waals surface area (Å²) < 4.78 is 6.99. The van der Waals surface area contributed by atoms with Gasteiger partial charge in [0.05, 0.1) is 18.8 Å². The Kier molecular flexibility index (Phi) is 7.36. The van der Waals surface area contributed by atoms with Gasteiger partial charge >= 0.3 is 0 Å². The third-order valence-electron chi connectivity index (χ3n) is 6.98. The second kappa shape index (κ2) is 10.4. The minimum absolute atomic E-state index is 0.0441. The molecule has 0 saturated carbocycles. The fourth-order valence-electron chi connectivity index (χ4n) is 5.11. The molecule has 2 N–H and O–H groups in total. The first-order chi connectivity index (χ1) is 16.4. The lowest BCUT2D eigenvalue weighted by molar-refractivity contribution is -0.121.